The van der Waals surface area contributed by atoms with Gasteiger partial charge in [-0.25, -0.2) is 0 Å². The second-order valence-electron chi connectivity index (χ2n) is 5.06. The van der Waals surface area contributed by atoms with Crippen molar-refractivity contribution in [3.63, 3.8) is 0 Å². The fourth-order valence-corrected chi connectivity index (χ4v) is 2.32. The Kier molecular flexibility index (Phi) is 3.25. The van der Waals surface area contributed by atoms with E-state index in [4.69, 9.17) is 10.5 Å². The molecule has 100 valence electrons. The third kappa shape index (κ3) is 2.63. The van der Waals surface area contributed by atoms with Crippen molar-refractivity contribution in [2.45, 2.75) is 31.8 Å². The van der Waals surface area contributed by atoms with Gasteiger partial charge in [0.15, 0.2) is 0 Å². The highest BCUT2D eigenvalue weighted by atomic mass is 16.5. The summed E-state index contributed by atoms with van der Waals surface area (Å²) >= 11 is 0. The monoisotopic (exact) mass is 257 g/mol. The van der Waals surface area contributed by atoms with E-state index in [-0.39, 0.29) is 0 Å². The highest BCUT2D eigenvalue weighted by Gasteiger charge is 2.25. The molecule has 4 heteroatoms. The molecule has 0 atom stereocenters. The van der Waals surface area contributed by atoms with Crippen LogP contribution in [0.3, 0.4) is 0 Å². The molecule has 0 aliphatic heterocycles. The zero-order valence-corrected chi connectivity index (χ0v) is 11.2. The molecule has 2 N–H and O–H groups in total. The molecule has 1 heterocycles. The van der Waals surface area contributed by atoms with Crippen LogP contribution in [0.2, 0.25) is 0 Å². The number of hydrogen-bond acceptors (Lipinski definition) is 3. The Morgan fingerprint density at radius 1 is 1.37 bits per heavy atom. The molecule has 0 bridgehead atoms. The summed E-state index contributed by atoms with van der Waals surface area (Å²) in [5.41, 5.74) is 9.15. The number of nitrogens with two attached hydrogens (primary N) is 1. The molecule has 19 heavy (non-hydrogen) atoms. The summed E-state index contributed by atoms with van der Waals surface area (Å²) in [4.78, 5) is 0. The largest absolute Gasteiger partial charge is 0.496 e. The van der Waals surface area contributed by atoms with Crippen LogP contribution >= 0.6 is 0 Å². The molecule has 2 aromatic rings. The SMILES string of the molecule is COc1ccc(CN)cc1Cn1ccc(C2CC2)n1. The van der Waals surface area contributed by atoms with Crippen molar-refractivity contribution in [1.82, 2.24) is 9.78 Å². The fraction of sp³-hybridized carbons (Fsp3) is 0.400. The van der Waals surface area contributed by atoms with Crippen molar-refractivity contribution in [1.29, 1.82) is 0 Å². The molecule has 4 nitrogen and oxygen atoms in total. The van der Waals surface area contributed by atoms with Crippen LogP contribution in [0.15, 0.2) is 30.5 Å². The Labute approximate surface area is 113 Å². The first-order chi connectivity index (χ1) is 9.30. The average Bonchev–Trinajstić information content (AvgIpc) is 3.19. The second-order valence-corrected chi connectivity index (χ2v) is 5.06. The Morgan fingerprint density at radius 2 is 2.21 bits per heavy atom. The van der Waals surface area contributed by atoms with Crippen molar-refractivity contribution in [2.75, 3.05) is 7.11 Å². The summed E-state index contributed by atoms with van der Waals surface area (Å²) in [5.74, 6) is 1.58. The number of rotatable bonds is 5. The molecule has 1 fully saturated rings. The second kappa shape index (κ2) is 5.05. The number of aromatic nitrogens is 2. The van der Waals surface area contributed by atoms with E-state index in [1.54, 1.807) is 7.11 Å². The average molecular weight is 257 g/mol. The lowest BCUT2D eigenvalue weighted by Gasteiger charge is -2.10. The third-order valence-corrected chi connectivity index (χ3v) is 3.57. The molecule has 0 radical (unpaired) electrons. The van der Waals surface area contributed by atoms with Crippen LogP contribution in [0.1, 0.15) is 35.6 Å². The number of benzene rings is 1. The molecule has 1 saturated carbocycles. The van der Waals surface area contributed by atoms with Gasteiger partial charge < -0.3 is 10.5 Å². The van der Waals surface area contributed by atoms with Crippen LogP contribution in [-0.4, -0.2) is 16.9 Å². The van der Waals surface area contributed by atoms with Gasteiger partial charge in [0, 0.05) is 24.2 Å². The fourth-order valence-electron chi connectivity index (χ4n) is 2.32. The number of nitrogens with zero attached hydrogens (tertiary/aromatic N) is 2. The molecule has 0 unspecified atom stereocenters. The van der Waals surface area contributed by atoms with Gasteiger partial charge in [0.25, 0.3) is 0 Å². The highest BCUT2D eigenvalue weighted by Crippen LogP contribution is 2.38. The zero-order chi connectivity index (χ0) is 13.2. The molecule has 0 spiro atoms. The van der Waals surface area contributed by atoms with Gasteiger partial charge in [-0.05, 0) is 36.6 Å². The molecule has 3 rings (SSSR count). The first-order valence-electron chi connectivity index (χ1n) is 6.69. The number of methoxy groups -OCH3 is 1. The van der Waals surface area contributed by atoms with Gasteiger partial charge in [0.2, 0.25) is 0 Å². The molecular formula is C15H19N3O. The molecular weight excluding hydrogens is 238 g/mol. The van der Waals surface area contributed by atoms with Crippen molar-refractivity contribution in [3.05, 3.63) is 47.3 Å². The van der Waals surface area contributed by atoms with Crippen molar-refractivity contribution in [2.24, 2.45) is 5.73 Å². The molecule has 1 aliphatic carbocycles. The van der Waals surface area contributed by atoms with Crippen LogP contribution in [0.4, 0.5) is 0 Å². The molecule has 1 aliphatic rings. The van der Waals surface area contributed by atoms with Crippen LogP contribution in [-0.2, 0) is 13.1 Å². The third-order valence-electron chi connectivity index (χ3n) is 3.57. The van der Waals surface area contributed by atoms with E-state index >= 15 is 0 Å². The lowest BCUT2D eigenvalue weighted by atomic mass is 10.1. The van der Waals surface area contributed by atoms with Gasteiger partial charge in [-0.3, -0.25) is 4.68 Å². The van der Waals surface area contributed by atoms with E-state index in [1.807, 2.05) is 23.0 Å². The van der Waals surface area contributed by atoms with Gasteiger partial charge in [-0.1, -0.05) is 6.07 Å². The topological polar surface area (TPSA) is 53.1 Å². The zero-order valence-electron chi connectivity index (χ0n) is 11.2. The lowest BCUT2D eigenvalue weighted by Crippen LogP contribution is -2.05. The first-order valence-corrected chi connectivity index (χ1v) is 6.69. The summed E-state index contributed by atoms with van der Waals surface area (Å²) in [6.45, 7) is 1.27. The molecule has 1 aromatic carbocycles. The first kappa shape index (κ1) is 12.2. The normalized spacial score (nSPS) is 14.6. The quantitative estimate of drug-likeness (QED) is 0.894. The van der Waals surface area contributed by atoms with E-state index in [9.17, 15) is 0 Å². The predicted octanol–water partition coefficient (Wildman–Crippen LogP) is 2.28. The number of ether oxygens (including phenoxy) is 1. The highest BCUT2D eigenvalue weighted by molar-refractivity contribution is 5.37. The molecule has 0 amide bonds. The molecule has 0 saturated heterocycles. The smallest absolute Gasteiger partial charge is 0.123 e. The number of hydrogen-bond donors (Lipinski definition) is 1. The summed E-state index contributed by atoms with van der Waals surface area (Å²) < 4.78 is 7.38. The summed E-state index contributed by atoms with van der Waals surface area (Å²) in [7, 11) is 1.69. The van der Waals surface area contributed by atoms with Gasteiger partial charge in [0.05, 0.1) is 19.3 Å². The van der Waals surface area contributed by atoms with Crippen molar-refractivity contribution < 1.29 is 4.74 Å². The molecule has 1 aromatic heterocycles. The van der Waals surface area contributed by atoms with Crippen LogP contribution in [0, 0.1) is 0 Å². The minimum absolute atomic E-state index is 0.545. The Balaban J connectivity index is 1.83. The maximum absolute atomic E-state index is 5.69. The Morgan fingerprint density at radius 3 is 2.89 bits per heavy atom. The van der Waals surface area contributed by atoms with Crippen LogP contribution < -0.4 is 10.5 Å². The van der Waals surface area contributed by atoms with Crippen LogP contribution in [0.25, 0.3) is 0 Å². The van der Waals surface area contributed by atoms with Gasteiger partial charge >= 0.3 is 0 Å². The maximum atomic E-state index is 5.69. The van der Waals surface area contributed by atoms with Crippen molar-refractivity contribution >= 4 is 0 Å². The van der Waals surface area contributed by atoms with E-state index < -0.39 is 0 Å². The standard InChI is InChI=1S/C15H19N3O/c1-19-15-5-2-11(9-16)8-13(15)10-18-7-6-14(17-18)12-3-4-12/h2,5-8,12H,3-4,9-10,16H2,1H3. The van der Waals surface area contributed by atoms with E-state index in [1.165, 1.54) is 18.5 Å². The van der Waals surface area contributed by atoms with E-state index in [2.05, 4.69) is 17.2 Å². The van der Waals surface area contributed by atoms with E-state index in [0.717, 1.165) is 23.4 Å². The maximum Gasteiger partial charge on any atom is 0.123 e. The lowest BCUT2D eigenvalue weighted by molar-refractivity contribution is 0.407. The van der Waals surface area contributed by atoms with Gasteiger partial charge in [0.1, 0.15) is 5.75 Å². The van der Waals surface area contributed by atoms with Gasteiger partial charge in [-0.15, -0.1) is 0 Å². The summed E-state index contributed by atoms with van der Waals surface area (Å²) in [6.07, 6.45) is 4.61. The van der Waals surface area contributed by atoms with E-state index in [0.29, 0.717) is 12.5 Å². The van der Waals surface area contributed by atoms with Crippen LogP contribution in [0.5, 0.6) is 5.75 Å². The van der Waals surface area contributed by atoms with Gasteiger partial charge in [-0.2, -0.15) is 5.10 Å². The Hall–Kier alpha value is -1.81. The summed E-state index contributed by atoms with van der Waals surface area (Å²) in [5, 5.41) is 4.63. The summed E-state index contributed by atoms with van der Waals surface area (Å²) in [6, 6.07) is 8.19. The van der Waals surface area contributed by atoms with Crippen molar-refractivity contribution in [3.8, 4) is 5.75 Å². The minimum Gasteiger partial charge on any atom is -0.496 e. The predicted molar refractivity (Wildman–Crippen MR) is 74.2 cm³/mol. The minimum atomic E-state index is 0.545. The Bertz CT molecular complexity index is 573.